The molecule has 1 saturated heterocycles. The minimum atomic E-state index is -0.427. The zero-order valence-electron chi connectivity index (χ0n) is 19.6. The number of carbonyl (C=O) groups is 1. The summed E-state index contributed by atoms with van der Waals surface area (Å²) in [6.45, 7) is 3.98. The molecule has 1 amide bonds. The molecule has 1 aliphatic rings. The number of benzene rings is 2. The van der Waals surface area contributed by atoms with Crippen LogP contribution in [0.2, 0.25) is 0 Å². The molecule has 0 radical (unpaired) electrons. The van der Waals surface area contributed by atoms with Crippen molar-refractivity contribution in [2.45, 2.75) is 19.4 Å². The molecule has 0 atom stereocenters. The fourth-order valence-corrected chi connectivity index (χ4v) is 3.85. The third-order valence-electron chi connectivity index (χ3n) is 5.87. The van der Waals surface area contributed by atoms with Crippen LogP contribution >= 0.6 is 0 Å². The minimum Gasteiger partial charge on any atom is -0.497 e. The van der Waals surface area contributed by atoms with Crippen LogP contribution < -0.4 is 10.1 Å². The molecule has 11 nitrogen and oxygen atoms in total. The van der Waals surface area contributed by atoms with Crippen LogP contribution in [0.3, 0.4) is 0 Å². The van der Waals surface area contributed by atoms with Crippen molar-refractivity contribution in [3.05, 3.63) is 64.5 Å². The van der Waals surface area contributed by atoms with Gasteiger partial charge in [0.15, 0.2) is 0 Å². The van der Waals surface area contributed by atoms with E-state index in [9.17, 15) is 14.9 Å². The van der Waals surface area contributed by atoms with Gasteiger partial charge in [0.25, 0.3) is 5.69 Å². The lowest BCUT2D eigenvalue weighted by Gasteiger charge is -2.34. The first-order chi connectivity index (χ1) is 17.0. The molecule has 2 heterocycles. The van der Waals surface area contributed by atoms with E-state index in [2.05, 4.69) is 20.4 Å². The summed E-state index contributed by atoms with van der Waals surface area (Å²) >= 11 is 0. The van der Waals surface area contributed by atoms with E-state index in [4.69, 9.17) is 9.26 Å². The molecule has 35 heavy (non-hydrogen) atoms. The van der Waals surface area contributed by atoms with Crippen LogP contribution in [0.4, 0.5) is 11.4 Å². The van der Waals surface area contributed by atoms with E-state index < -0.39 is 4.92 Å². The van der Waals surface area contributed by atoms with Crippen molar-refractivity contribution in [1.82, 2.24) is 19.9 Å². The lowest BCUT2D eigenvalue weighted by atomic mass is 10.2. The van der Waals surface area contributed by atoms with Crippen molar-refractivity contribution >= 4 is 17.3 Å². The summed E-state index contributed by atoms with van der Waals surface area (Å²) in [7, 11) is 1.62. The van der Waals surface area contributed by atoms with Crippen molar-refractivity contribution in [3.8, 4) is 17.1 Å². The fourth-order valence-electron chi connectivity index (χ4n) is 3.85. The minimum absolute atomic E-state index is 0.0571. The number of methoxy groups -OCH3 is 1. The van der Waals surface area contributed by atoms with Crippen LogP contribution in [-0.2, 0) is 11.3 Å². The number of nitrogens with one attached hydrogen (secondary N) is 1. The number of nitrogens with zero attached hydrogens (tertiary/aromatic N) is 5. The highest BCUT2D eigenvalue weighted by Crippen LogP contribution is 2.20. The Bertz CT molecular complexity index is 1120. The number of aromatic nitrogens is 2. The van der Waals surface area contributed by atoms with E-state index in [0.717, 1.165) is 30.1 Å². The van der Waals surface area contributed by atoms with Gasteiger partial charge in [0.05, 0.1) is 18.6 Å². The average molecular weight is 481 g/mol. The van der Waals surface area contributed by atoms with Crippen LogP contribution in [0, 0.1) is 10.1 Å². The van der Waals surface area contributed by atoms with E-state index in [-0.39, 0.29) is 11.6 Å². The van der Waals surface area contributed by atoms with Crippen molar-refractivity contribution in [2.75, 3.05) is 45.2 Å². The zero-order chi connectivity index (χ0) is 24.6. The number of ether oxygens (including phenoxy) is 1. The number of amides is 1. The van der Waals surface area contributed by atoms with E-state index in [1.807, 2.05) is 29.2 Å². The second-order valence-corrected chi connectivity index (χ2v) is 8.23. The number of rotatable bonds is 10. The van der Waals surface area contributed by atoms with Gasteiger partial charge in [0, 0.05) is 62.5 Å². The highest BCUT2D eigenvalue weighted by atomic mass is 16.6. The summed E-state index contributed by atoms with van der Waals surface area (Å²) in [4.78, 5) is 31.4. The molecule has 0 aliphatic carbocycles. The summed E-state index contributed by atoms with van der Waals surface area (Å²) in [5.74, 6) is 1.99. The Kier molecular flexibility index (Phi) is 7.88. The van der Waals surface area contributed by atoms with Crippen molar-refractivity contribution in [3.63, 3.8) is 0 Å². The van der Waals surface area contributed by atoms with E-state index >= 15 is 0 Å². The third-order valence-corrected chi connectivity index (χ3v) is 5.87. The summed E-state index contributed by atoms with van der Waals surface area (Å²) in [6, 6.07) is 13.7. The first-order valence-corrected chi connectivity index (χ1v) is 11.5. The molecule has 1 fully saturated rings. The smallest absolute Gasteiger partial charge is 0.269 e. The number of nitro groups is 1. The Labute approximate surface area is 202 Å². The molecule has 0 bridgehead atoms. The van der Waals surface area contributed by atoms with Gasteiger partial charge in [-0.25, -0.2) is 0 Å². The predicted octanol–water partition coefficient (Wildman–Crippen LogP) is 3.19. The molecular weight excluding hydrogens is 452 g/mol. The standard InChI is InChI=1S/C24H28N6O5/c1-34-21-10-4-18(5-11-21)24-26-22(35-27-24)17-28-13-15-29(16-14-28)23(31)3-2-12-25-19-6-8-20(9-7-19)30(32)33/h4-11,25H,2-3,12-17H2,1H3. The maximum atomic E-state index is 12.6. The lowest BCUT2D eigenvalue weighted by Crippen LogP contribution is -2.48. The maximum Gasteiger partial charge on any atom is 0.269 e. The first kappa shape index (κ1) is 24.1. The Morgan fingerprint density at radius 1 is 1.11 bits per heavy atom. The van der Waals surface area contributed by atoms with Crippen LogP contribution in [0.25, 0.3) is 11.4 Å². The van der Waals surface area contributed by atoms with E-state index in [1.165, 1.54) is 12.1 Å². The number of non-ortho nitro benzene ring substituents is 1. The maximum absolute atomic E-state index is 12.6. The zero-order valence-corrected chi connectivity index (χ0v) is 19.6. The van der Waals surface area contributed by atoms with Gasteiger partial charge in [0.1, 0.15) is 5.75 Å². The quantitative estimate of drug-likeness (QED) is 0.264. The van der Waals surface area contributed by atoms with Crippen LogP contribution in [0.1, 0.15) is 18.7 Å². The number of hydrogen-bond acceptors (Lipinski definition) is 9. The van der Waals surface area contributed by atoms with Crippen LogP contribution in [-0.4, -0.2) is 70.6 Å². The average Bonchev–Trinajstić information content (AvgIpc) is 3.35. The largest absolute Gasteiger partial charge is 0.497 e. The molecular formula is C24H28N6O5. The fraction of sp³-hybridized carbons (Fsp3) is 0.375. The number of hydrogen-bond donors (Lipinski definition) is 1. The van der Waals surface area contributed by atoms with Gasteiger partial charge in [-0.1, -0.05) is 5.16 Å². The first-order valence-electron chi connectivity index (χ1n) is 11.5. The monoisotopic (exact) mass is 480 g/mol. The van der Waals surface area contributed by atoms with Crippen molar-refractivity contribution in [1.29, 1.82) is 0 Å². The summed E-state index contributed by atoms with van der Waals surface area (Å²) in [5.41, 5.74) is 1.72. The normalized spacial score (nSPS) is 14.0. The summed E-state index contributed by atoms with van der Waals surface area (Å²) in [5, 5.41) is 18.0. The van der Waals surface area contributed by atoms with Gasteiger partial charge in [-0.05, 0) is 42.8 Å². The highest BCUT2D eigenvalue weighted by Gasteiger charge is 2.22. The molecule has 1 aromatic heterocycles. The molecule has 184 valence electrons. The molecule has 3 aromatic rings. The predicted molar refractivity (Wildman–Crippen MR) is 129 cm³/mol. The third kappa shape index (κ3) is 6.54. The molecule has 0 unspecified atom stereocenters. The van der Waals surface area contributed by atoms with Gasteiger partial charge < -0.3 is 19.5 Å². The molecule has 1 N–H and O–H groups in total. The molecule has 0 saturated carbocycles. The second-order valence-electron chi connectivity index (χ2n) is 8.23. The number of piperazine rings is 1. The van der Waals surface area contributed by atoms with Gasteiger partial charge in [0.2, 0.25) is 17.6 Å². The lowest BCUT2D eigenvalue weighted by molar-refractivity contribution is -0.384. The van der Waals surface area contributed by atoms with E-state index in [0.29, 0.717) is 50.7 Å². The van der Waals surface area contributed by atoms with Crippen LogP contribution in [0.5, 0.6) is 5.75 Å². The number of carbonyl (C=O) groups excluding carboxylic acids is 1. The molecule has 2 aromatic carbocycles. The van der Waals surface area contributed by atoms with Crippen molar-refractivity contribution < 1.29 is 19.0 Å². The summed E-state index contributed by atoms with van der Waals surface area (Å²) < 4.78 is 10.6. The number of anilines is 1. The molecule has 11 heteroatoms. The molecule has 1 aliphatic heterocycles. The van der Waals surface area contributed by atoms with Gasteiger partial charge in [-0.3, -0.25) is 19.8 Å². The van der Waals surface area contributed by atoms with Gasteiger partial charge in [-0.2, -0.15) is 4.98 Å². The SMILES string of the molecule is COc1ccc(-c2noc(CN3CCN(C(=O)CCCNc4ccc([N+](=O)[O-])cc4)CC3)n2)cc1. The Morgan fingerprint density at radius 2 is 1.83 bits per heavy atom. The Balaban J connectivity index is 1.16. The van der Waals surface area contributed by atoms with Gasteiger partial charge in [-0.15, -0.1) is 0 Å². The van der Waals surface area contributed by atoms with E-state index in [1.54, 1.807) is 19.2 Å². The van der Waals surface area contributed by atoms with Crippen LogP contribution in [0.15, 0.2) is 53.1 Å². The second kappa shape index (κ2) is 11.4. The Morgan fingerprint density at radius 3 is 2.49 bits per heavy atom. The Hall–Kier alpha value is -3.99. The number of nitro benzene ring substituents is 1. The molecule has 0 spiro atoms. The van der Waals surface area contributed by atoms with Crippen molar-refractivity contribution in [2.24, 2.45) is 0 Å². The van der Waals surface area contributed by atoms with Gasteiger partial charge >= 0.3 is 0 Å². The topological polar surface area (TPSA) is 127 Å². The highest BCUT2D eigenvalue weighted by molar-refractivity contribution is 5.76. The molecule has 4 rings (SSSR count). The summed E-state index contributed by atoms with van der Waals surface area (Å²) in [6.07, 6.45) is 1.14.